The number of nitrogens with zero attached hydrogens (tertiary/aromatic N) is 5. The van der Waals surface area contributed by atoms with Gasteiger partial charge < -0.3 is 10.1 Å². The summed E-state index contributed by atoms with van der Waals surface area (Å²) >= 11 is 21.2. The zero-order valence-corrected chi connectivity index (χ0v) is 41.5. The van der Waals surface area contributed by atoms with E-state index in [1.165, 1.54) is 51.9 Å². The van der Waals surface area contributed by atoms with E-state index in [1.54, 1.807) is 56.2 Å². The van der Waals surface area contributed by atoms with E-state index in [1.807, 2.05) is 18.2 Å². The normalized spacial score (nSPS) is 11.6. The second-order valence-electron chi connectivity index (χ2n) is 12.3. The minimum absolute atomic E-state index is 0. The standard InChI is InChI=1S/C15H11BrClN3O2S2.C10H10BrN.C5H2Cl2N2O2S2.C4H9O.CH4.K/c16-6-5-10-9-20(12-4-2-1-3-11(10)12)24(21,22)14-13(17)18-15-19(14)7-8-23-15;11-6-5-8-7-12-10-4-2-1-3-9(8)10;6-3-4(13(7,10)11)9-1-2-12-5(9)8-3;1-4(2,3)5;;/h1-4,7-9H,5-6H2;1-4,7,12H,5-6H2;1-2H;1-3H3;1H4;/q;;;-1;;+1. The first-order valence-corrected chi connectivity index (χ1v) is 24.3. The van der Waals surface area contributed by atoms with E-state index in [0.29, 0.717) is 15.4 Å². The average Bonchev–Trinajstić information content (AvgIpc) is 3.93. The Labute approximate surface area is 407 Å². The summed E-state index contributed by atoms with van der Waals surface area (Å²) in [5, 5.41) is 17.3. The smallest absolute Gasteiger partial charge is 0.850 e. The molecule has 6 heterocycles. The number of hydrogen-bond donors (Lipinski definition) is 1. The Morgan fingerprint density at radius 2 is 1.29 bits per heavy atom. The summed E-state index contributed by atoms with van der Waals surface area (Å²) in [4.78, 5) is 12.3. The van der Waals surface area contributed by atoms with Crippen LogP contribution in [0.4, 0.5) is 0 Å². The average molecular weight is 1050 g/mol. The van der Waals surface area contributed by atoms with Crippen molar-refractivity contribution in [1.82, 2.24) is 27.7 Å². The minimum atomic E-state index is -3.87. The van der Waals surface area contributed by atoms with Crippen LogP contribution in [0.2, 0.25) is 10.3 Å². The number of H-pyrrole nitrogens is 1. The molecule has 0 aliphatic heterocycles. The van der Waals surface area contributed by atoms with Crippen LogP contribution in [-0.2, 0) is 31.9 Å². The molecule has 0 saturated carbocycles. The third-order valence-electron chi connectivity index (χ3n) is 7.25. The quantitative estimate of drug-likeness (QED) is 0.102. The summed E-state index contributed by atoms with van der Waals surface area (Å²) in [6.07, 6.45) is 8.79. The molecule has 11 nitrogen and oxygen atoms in total. The number of para-hydroxylation sites is 2. The van der Waals surface area contributed by atoms with E-state index >= 15 is 0 Å². The summed E-state index contributed by atoms with van der Waals surface area (Å²) in [5.41, 5.74) is 3.47. The minimum Gasteiger partial charge on any atom is -0.850 e. The number of alkyl halides is 2. The second kappa shape index (κ2) is 21.1. The zero-order valence-electron chi connectivity index (χ0n) is 29.7. The van der Waals surface area contributed by atoms with Crippen molar-refractivity contribution < 1.29 is 73.3 Å². The number of fused-ring (bicyclic) bond motifs is 4. The van der Waals surface area contributed by atoms with Crippen molar-refractivity contribution in [2.24, 2.45) is 0 Å². The van der Waals surface area contributed by atoms with E-state index in [9.17, 15) is 21.9 Å². The van der Waals surface area contributed by atoms with Gasteiger partial charge in [0.1, 0.15) is 0 Å². The van der Waals surface area contributed by atoms with E-state index in [0.717, 1.165) is 34.5 Å². The molecule has 296 valence electrons. The number of nitrogens with one attached hydrogen (secondary N) is 1. The monoisotopic (exact) mass is 1050 g/mol. The Hall–Kier alpha value is -0.814. The van der Waals surface area contributed by atoms with Crippen molar-refractivity contribution in [2.45, 2.75) is 56.7 Å². The fourth-order valence-corrected chi connectivity index (χ4v) is 11.3. The molecule has 0 amide bonds. The van der Waals surface area contributed by atoms with Crippen LogP contribution < -0.4 is 56.5 Å². The molecular formula is C35H36Br2Cl3KN6O5S4. The van der Waals surface area contributed by atoms with Crippen molar-refractivity contribution in [1.29, 1.82) is 0 Å². The molecule has 0 unspecified atom stereocenters. The summed E-state index contributed by atoms with van der Waals surface area (Å²) in [6, 6.07) is 15.8. The summed E-state index contributed by atoms with van der Waals surface area (Å²) < 4.78 is 52.8. The van der Waals surface area contributed by atoms with E-state index < -0.39 is 24.7 Å². The molecule has 0 fully saturated rings. The van der Waals surface area contributed by atoms with Gasteiger partial charge in [0, 0.05) is 73.2 Å². The van der Waals surface area contributed by atoms with Crippen molar-refractivity contribution >= 4 is 139 Å². The summed E-state index contributed by atoms with van der Waals surface area (Å²) in [7, 11) is -2.54. The molecule has 21 heteroatoms. The largest absolute Gasteiger partial charge is 1.00 e. The molecule has 0 radical (unpaired) electrons. The molecule has 1 N–H and O–H groups in total. The molecule has 56 heavy (non-hydrogen) atoms. The van der Waals surface area contributed by atoms with Gasteiger partial charge in [-0.2, -0.15) is 8.42 Å². The molecule has 2 aromatic carbocycles. The SMILES string of the molecule is BrCCc1c[nH]c2ccccc12.C.CC(C)(C)[O-].O=S(=O)(Cl)c1c(Cl)nc2sccn12.O=S(=O)(c1c(Cl)nc2sccn12)n1cc(CCBr)c2ccccc21.[K+]. The summed E-state index contributed by atoms with van der Waals surface area (Å²) in [5.74, 6) is 0. The van der Waals surface area contributed by atoms with Crippen LogP contribution in [0.15, 0.2) is 94.1 Å². The first-order chi connectivity index (χ1) is 25.5. The molecule has 0 bridgehead atoms. The molecule has 0 saturated heterocycles. The molecule has 8 aromatic rings. The molecule has 0 aliphatic rings. The van der Waals surface area contributed by atoms with Gasteiger partial charge in [-0.05, 0) is 36.1 Å². The number of benzene rings is 2. The predicted molar refractivity (Wildman–Crippen MR) is 233 cm³/mol. The first kappa shape index (κ1) is 49.5. The zero-order chi connectivity index (χ0) is 39.4. The van der Waals surface area contributed by atoms with Crippen LogP contribution in [0.5, 0.6) is 0 Å². The van der Waals surface area contributed by atoms with E-state index in [4.69, 9.17) is 33.9 Å². The fourth-order valence-electron chi connectivity index (χ4n) is 5.18. The molecule has 0 atom stereocenters. The van der Waals surface area contributed by atoms with Crippen LogP contribution in [0.25, 0.3) is 31.7 Å². The number of aryl methyl sites for hydroxylation is 2. The van der Waals surface area contributed by atoms with Crippen LogP contribution in [0.3, 0.4) is 0 Å². The molecule has 8 rings (SSSR count). The van der Waals surface area contributed by atoms with Gasteiger partial charge in [0.2, 0.25) is 5.03 Å². The summed E-state index contributed by atoms with van der Waals surface area (Å²) in [6.45, 7) is 4.90. The maximum Gasteiger partial charge on any atom is 1.00 e. The number of thiazole rings is 2. The van der Waals surface area contributed by atoms with Crippen molar-refractivity contribution in [3.05, 3.63) is 106 Å². The number of hydrogen-bond acceptors (Lipinski definition) is 9. The maximum absolute atomic E-state index is 13.3. The number of imidazole rings is 2. The Kier molecular flexibility index (Phi) is 18.7. The van der Waals surface area contributed by atoms with Crippen LogP contribution in [0.1, 0.15) is 39.3 Å². The maximum atomic E-state index is 13.3. The van der Waals surface area contributed by atoms with Crippen LogP contribution >= 0.6 is 88.4 Å². The van der Waals surface area contributed by atoms with Gasteiger partial charge in [-0.15, -0.1) is 28.3 Å². The van der Waals surface area contributed by atoms with E-state index in [-0.39, 0.29) is 79.2 Å². The molecule has 0 spiro atoms. The topological polar surface area (TPSA) is 147 Å². The molecular weight excluding hydrogens is 1020 g/mol. The van der Waals surface area contributed by atoms with Crippen LogP contribution in [-0.4, -0.2) is 60.8 Å². The number of aromatic amines is 1. The Morgan fingerprint density at radius 1 is 0.804 bits per heavy atom. The third-order valence-corrected chi connectivity index (χ3v) is 13.3. The van der Waals surface area contributed by atoms with Gasteiger partial charge in [-0.3, -0.25) is 8.80 Å². The van der Waals surface area contributed by atoms with Gasteiger partial charge >= 0.3 is 51.4 Å². The third kappa shape index (κ3) is 11.9. The number of halogens is 5. The number of rotatable bonds is 7. The number of aromatic nitrogens is 6. The van der Waals surface area contributed by atoms with E-state index in [2.05, 4.69) is 77.3 Å². The Balaban J connectivity index is 0.000000224. The van der Waals surface area contributed by atoms with Crippen LogP contribution in [0, 0.1) is 0 Å². The first-order valence-electron chi connectivity index (χ1n) is 15.8. The van der Waals surface area contributed by atoms with Gasteiger partial charge in [0.25, 0.3) is 19.1 Å². The fraction of sp³-hybridized carbons (Fsp3) is 0.257. The van der Waals surface area contributed by atoms with Gasteiger partial charge in [0.15, 0.2) is 25.3 Å². The van der Waals surface area contributed by atoms with Crippen molar-refractivity contribution in [3.63, 3.8) is 0 Å². The van der Waals surface area contributed by atoms with Crippen molar-refractivity contribution in [2.75, 3.05) is 10.7 Å². The Morgan fingerprint density at radius 3 is 1.84 bits per heavy atom. The van der Waals surface area contributed by atoms with Gasteiger partial charge in [-0.1, -0.05) is 120 Å². The van der Waals surface area contributed by atoms with Gasteiger partial charge in [-0.25, -0.2) is 22.4 Å². The van der Waals surface area contributed by atoms with Crippen molar-refractivity contribution in [3.8, 4) is 0 Å². The van der Waals surface area contributed by atoms with Gasteiger partial charge in [0.05, 0.1) is 5.52 Å². The molecule has 6 aromatic heterocycles. The Bertz CT molecular complexity index is 2750. The molecule has 0 aliphatic carbocycles. The second-order valence-corrected chi connectivity index (χ2v) is 20.5. The predicted octanol–water partition coefficient (Wildman–Crippen LogP) is 7.05.